The maximum Gasteiger partial charge on any atom is 0.235 e. The fourth-order valence-corrected chi connectivity index (χ4v) is 2.92. The van der Waals surface area contributed by atoms with Crippen molar-refractivity contribution in [1.82, 2.24) is 20.6 Å². The smallest absolute Gasteiger partial charge is 0.235 e. The molecule has 3 rings (SSSR count). The van der Waals surface area contributed by atoms with Crippen molar-refractivity contribution >= 4 is 11.6 Å². The van der Waals surface area contributed by atoms with Gasteiger partial charge in [-0.2, -0.15) is 5.21 Å². The number of hydrogen-bond donors (Lipinski definition) is 2. The number of anilines is 1. The molecule has 0 bridgehead atoms. The average molecular weight is 397 g/mol. The van der Waals surface area contributed by atoms with Gasteiger partial charge in [0.05, 0.1) is 20.8 Å². The number of aromatic amines is 1. The van der Waals surface area contributed by atoms with E-state index in [1.54, 1.807) is 32.4 Å². The van der Waals surface area contributed by atoms with E-state index in [2.05, 4.69) is 25.9 Å². The van der Waals surface area contributed by atoms with Gasteiger partial charge in [0.15, 0.2) is 17.3 Å². The minimum absolute atomic E-state index is 0.255. The number of tetrazole rings is 1. The molecule has 1 aromatic heterocycles. The van der Waals surface area contributed by atoms with Gasteiger partial charge < -0.3 is 19.5 Å². The first-order valence-corrected chi connectivity index (χ1v) is 9.12. The topological polar surface area (TPSA) is 111 Å². The summed E-state index contributed by atoms with van der Waals surface area (Å²) in [5.41, 5.74) is 1.50. The largest absolute Gasteiger partial charge is 0.494 e. The molecule has 0 saturated heterocycles. The molecule has 0 saturated carbocycles. The lowest BCUT2D eigenvalue weighted by Gasteiger charge is -2.16. The Hall–Kier alpha value is -3.62. The number of carbonyl (C=O) groups is 1. The summed E-state index contributed by atoms with van der Waals surface area (Å²) in [7, 11) is 3.14. The van der Waals surface area contributed by atoms with Crippen molar-refractivity contribution in [2.45, 2.75) is 19.3 Å². The minimum atomic E-state index is -0.650. The van der Waals surface area contributed by atoms with E-state index in [-0.39, 0.29) is 5.91 Å². The van der Waals surface area contributed by atoms with Crippen LogP contribution in [0.4, 0.5) is 5.69 Å². The number of H-pyrrole nitrogens is 1. The molecule has 0 aliphatic heterocycles. The van der Waals surface area contributed by atoms with Gasteiger partial charge in [0.2, 0.25) is 5.91 Å². The van der Waals surface area contributed by atoms with Crippen LogP contribution in [0.2, 0.25) is 0 Å². The quantitative estimate of drug-likeness (QED) is 0.571. The van der Waals surface area contributed by atoms with E-state index in [0.29, 0.717) is 41.8 Å². The fourth-order valence-electron chi connectivity index (χ4n) is 2.92. The zero-order valence-corrected chi connectivity index (χ0v) is 16.5. The number of aromatic nitrogens is 4. The molecule has 9 heteroatoms. The number of carbonyl (C=O) groups excluding carboxylic acids is 1. The van der Waals surface area contributed by atoms with Gasteiger partial charge in [-0.15, -0.1) is 10.2 Å². The summed E-state index contributed by atoms with van der Waals surface area (Å²) in [5.74, 6) is 1.28. The number of amides is 1. The van der Waals surface area contributed by atoms with Crippen molar-refractivity contribution in [3.8, 4) is 17.2 Å². The van der Waals surface area contributed by atoms with Crippen LogP contribution in [0.1, 0.15) is 24.2 Å². The Morgan fingerprint density at radius 3 is 2.66 bits per heavy atom. The van der Waals surface area contributed by atoms with E-state index >= 15 is 0 Å². The summed E-state index contributed by atoms with van der Waals surface area (Å²) in [6.07, 6.45) is 0.358. The third kappa shape index (κ3) is 5.01. The molecule has 2 N–H and O–H groups in total. The van der Waals surface area contributed by atoms with Crippen LogP contribution < -0.4 is 19.5 Å². The number of rotatable bonds is 9. The van der Waals surface area contributed by atoms with Crippen LogP contribution in [0.5, 0.6) is 17.2 Å². The van der Waals surface area contributed by atoms with E-state index in [1.807, 2.05) is 31.2 Å². The number of benzene rings is 2. The molecule has 29 heavy (non-hydrogen) atoms. The van der Waals surface area contributed by atoms with Gasteiger partial charge in [-0.05, 0) is 43.2 Å². The van der Waals surface area contributed by atoms with Crippen LogP contribution in [0.15, 0.2) is 42.5 Å². The monoisotopic (exact) mass is 397 g/mol. The first-order chi connectivity index (χ1) is 14.1. The summed E-state index contributed by atoms with van der Waals surface area (Å²) >= 11 is 0. The number of methoxy groups -OCH3 is 2. The number of hydrogen-bond acceptors (Lipinski definition) is 7. The van der Waals surface area contributed by atoms with Crippen molar-refractivity contribution in [3.05, 3.63) is 53.9 Å². The van der Waals surface area contributed by atoms with Crippen LogP contribution in [0.25, 0.3) is 0 Å². The Morgan fingerprint density at radius 2 is 1.97 bits per heavy atom. The van der Waals surface area contributed by atoms with Crippen molar-refractivity contribution in [3.63, 3.8) is 0 Å². The summed E-state index contributed by atoms with van der Waals surface area (Å²) in [4.78, 5) is 13.0. The van der Waals surface area contributed by atoms with Gasteiger partial charge in [0.25, 0.3) is 0 Å². The molecular formula is C20H23N5O4. The summed E-state index contributed by atoms with van der Waals surface area (Å²) in [5, 5.41) is 16.9. The highest BCUT2D eigenvalue weighted by Gasteiger charge is 2.26. The normalized spacial score (nSPS) is 11.6. The van der Waals surface area contributed by atoms with Gasteiger partial charge in [0, 0.05) is 11.8 Å². The molecule has 0 spiro atoms. The van der Waals surface area contributed by atoms with Gasteiger partial charge in [-0.1, -0.05) is 17.3 Å². The Labute approximate surface area is 168 Å². The molecule has 1 atom stereocenters. The van der Waals surface area contributed by atoms with E-state index in [0.717, 1.165) is 5.56 Å². The lowest BCUT2D eigenvalue weighted by molar-refractivity contribution is -0.117. The van der Waals surface area contributed by atoms with Crippen LogP contribution in [-0.2, 0) is 11.2 Å². The first-order valence-electron chi connectivity index (χ1n) is 9.12. The van der Waals surface area contributed by atoms with Crippen LogP contribution in [0, 0.1) is 0 Å². The minimum Gasteiger partial charge on any atom is -0.494 e. The second-order valence-corrected chi connectivity index (χ2v) is 6.17. The highest BCUT2D eigenvalue weighted by molar-refractivity contribution is 5.95. The molecule has 0 radical (unpaired) electrons. The maximum atomic E-state index is 13.0. The molecule has 1 amide bonds. The SMILES string of the molecule is CCOc1cccc(NC(=O)[C@H](Cc2ccc(OC)c(OC)c2)c2nn[nH]n2)c1. The second kappa shape index (κ2) is 9.54. The van der Waals surface area contributed by atoms with Crippen LogP contribution >= 0.6 is 0 Å². The molecule has 9 nitrogen and oxygen atoms in total. The van der Waals surface area contributed by atoms with Gasteiger partial charge >= 0.3 is 0 Å². The van der Waals surface area contributed by atoms with Crippen molar-refractivity contribution < 1.29 is 19.0 Å². The van der Waals surface area contributed by atoms with Crippen LogP contribution in [0.3, 0.4) is 0 Å². The zero-order chi connectivity index (χ0) is 20.6. The molecular weight excluding hydrogens is 374 g/mol. The molecule has 2 aromatic carbocycles. The summed E-state index contributed by atoms with van der Waals surface area (Å²) in [6.45, 7) is 2.45. The van der Waals surface area contributed by atoms with E-state index in [1.165, 1.54) is 0 Å². The molecule has 152 valence electrons. The highest BCUT2D eigenvalue weighted by Crippen LogP contribution is 2.30. The van der Waals surface area contributed by atoms with Gasteiger partial charge in [0.1, 0.15) is 11.7 Å². The van der Waals surface area contributed by atoms with E-state index in [9.17, 15) is 4.79 Å². The third-order valence-electron chi connectivity index (χ3n) is 4.29. The molecule has 0 unspecified atom stereocenters. The van der Waals surface area contributed by atoms with E-state index in [4.69, 9.17) is 14.2 Å². The first kappa shape index (κ1) is 20.1. The van der Waals surface area contributed by atoms with Crippen molar-refractivity contribution in [2.75, 3.05) is 26.1 Å². The lowest BCUT2D eigenvalue weighted by Crippen LogP contribution is -2.24. The molecule has 3 aromatic rings. The van der Waals surface area contributed by atoms with Crippen molar-refractivity contribution in [1.29, 1.82) is 0 Å². The second-order valence-electron chi connectivity index (χ2n) is 6.17. The standard InChI is InChI=1S/C20H23N5O4/c1-4-29-15-7-5-6-14(12-15)21-20(26)16(19-22-24-25-23-19)10-13-8-9-17(27-2)18(11-13)28-3/h5-9,11-12,16H,4,10H2,1-3H3,(H,21,26)(H,22,23,24,25)/t16-/m1/s1. The predicted molar refractivity (Wildman–Crippen MR) is 106 cm³/mol. The number of nitrogens with zero attached hydrogens (tertiary/aromatic N) is 3. The number of ether oxygens (including phenoxy) is 3. The van der Waals surface area contributed by atoms with Crippen molar-refractivity contribution in [2.24, 2.45) is 0 Å². The Morgan fingerprint density at radius 1 is 1.14 bits per heavy atom. The maximum absolute atomic E-state index is 13.0. The molecule has 0 fully saturated rings. The van der Waals surface area contributed by atoms with E-state index < -0.39 is 5.92 Å². The van der Waals surface area contributed by atoms with Gasteiger partial charge in [-0.3, -0.25) is 4.79 Å². The molecule has 0 aliphatic carbocycles. The lowest BCUT2D eigenvalue weighted by atomic mass is 9.97. The third-order valence-corrected chi connectivity index (χ3v) is 4.29. The Balaban J connectivity index is 1.82. The summed E-state index contributed by atoms with van der Waals surface area (Å²) in [6, 6.07) is 12.7. The fraction of sp³-hybridized carbons (Fsp3) is 0.300. The van der Waals surface area contributed by atoms with Crippen LogP contribution in [-0.4, -0.2) is 47.4 Å². The zero-order valence-electron chi connectivity index (χ0n) is 16.5. The summed E-state index contributed by atoms with van der Waals surface area (Å²) < 4.78 is 16.1. The molecule has 0 aliphatic rings. The molecule has 1 heterocycles. The Bertz CT molecular complexity index is 946. The Kier molecular flexibility index (Phi) is 6.62. The average Bonchev–Trinajstić information content (AvgIpc) is 3.26. The predicted octanol–water partition coefficient (Wildman–Crippen LogP) is 2.58. The van der Waals surface area contributed by atoms with Gasteiger partial charge in [-0.25, -0.2) is 0 Å². The highest BCUT2D eigenvalue weighted by atomic mass is 16.5. The number of nitrogens with one attached hydrogen (secondary N) is 2.